The molecule has 4 heterocycles. The Morgan fingerprint density at radius 1 is 1.27 bits per heavy atom. The zero-order chi connectivity index (χ0) is 29.5. The third-order valence-corrected chi connectivity index (χ3v) is 8.19. The van der Waals surface area contributed by atoms with Gasteiger partial charge in [0.15, 0.2) is 0 Å². The van der Waals surface area contributed by atoms with Crippen LogP contribution >= 0.6 is 11.3 Å². The lowest BCUT2D eigenvalue weighted by Crippen LogP contribution is -2.37. The molecule has 1 fully saturated rings. The Morgan fingerprint density at radius 2 is 2.07 bits per heavy atom. The first-order chi connectivity index (χ1) is 19.7. The summed E-state index contributed by atoms with van der Waals surface area (Å²) in [6.07, 6.45) is 12.7. The minimum Gasteiger partial charge on any atom is -0.494 e. The maximum Gasteiger partial charge on any atom is 0.260 e. The van der Waals surface area contributed by atoms with Gasteiger partial charge in [0.25, 0.3) is 11.8 Å². The van der Waals surface area contributed by atoms with Crippen molar-refractivity contribution in [3.63, 3.8) is 0 Å². The molecule has 1 unspecified atom stereocenters. The normalized spacial score (nSPS) is 16.9. The minimum absolute atomic E-state index is 0.244. The Bertz CT molecular complexity index is 1410. The van der Waals surface area contributed by atoms with Crippen LogP contribution in [0.25, 0.3) is 11.1 Å². The Kier molecular flexibility index (Phi) is 9.82. The molecule has 218 valence electrons. The highest BCUT2D eigenvalue weighted by Crippen LogP contribution is 2.32. The number of aryl methyl sites for hydroxylation is 1. The molecule has 0 aliphatic carbocycles. The molecule has 11 heteroatoms. The number of aromatic nitrogens is 2. The second kappa shape index (κ2) is 13.5. The third-order valence-electron chi connectivity index (χ3n) is 7.13. The number of pyridine rings is 1. The number of allylic oxidation sites excluding steroid dienone is 3. The number of amides is 2. The molecule has 2 aliphatic rings. The summed E-state index contributed by atoms with van der Waals surface area (Å²) >= 11 is 1.40. The first-order valence-electron chi connectivity index (χ1n) is 13.9. The molecular formula is C30H39N7O3S. The van der Waals surface area contributed by atoms with E-state index in [1.165, 1.54) is 23.7 Å². The average Bonchev–Trinajstić information content (AvgIpc) is 3.71. The van der Waals surface area contributed by atoms with Gasteiger partial charge in [-0.2, -0.15) is 0 Å². The summed E-state index contributed by atoms with van der Waals surface area (Å²) in [6.45, 7) is 10.8. The predicted octanol–water partition coefficient (Wildman–Crippen LogP) is 4.11. The molecule has 4 rings (SSSR count). The van der Waals surface area contributed by atoms with E-state index < -0.39 is 5.91 Å². The summed E-state index contributed by atoms with van der Waals surface area (Å²) in [6, 6.07) is 1.99. The number of hydrogen-bond acceptors (Lipinski definition) is 9. The molecule has 41 heavy (non-hydrogen) atoms. The van der Waals surface area contributed by atoms with Crippen LogP contribution in [0.4, 0.5) is 5.69 Å². The Morgan fingerprint density at radius 3 is 2.73 bits per heavy atom. The van der Waals surface area contributed by atoms with E-state index in [-0.39, 0.29) is 11.5 Å². The van der Waals surface area contributed by atoms with Gasteiger partial charge in [-0.1, -0.05) is 13.0 Å². The number of nitrogens with one attached hydrogen (secondary N) is 2. The number of hydrogen-bond donors (Lipinski definition) is 3. The van der Waals surface area contributed by atoms with Crippen LogP contribution in [0, 0.1) is 6.92 Å². The minimum atomic E-state index is -0.424. The molecule has 2 aromatic rings. The van der Waals surface area contributed by atoms with Crippen molar-refractivity contribution in [2.75, 3.05) is 38.6 Å². The molecule has 0 radical (unpaired) electrons. The quantitative estimate of drug-likeness (QED) is 0.254. The monoisotopic (exact) mass is 577 g/mol. The molecule has 2 amide bonds. The van der Waals surface area contributed by atoms with Gasteiger partial charge in [-0.3, -0.25) is 14.6 Å². The van der Waals surface area contributed by atoms with E-state index in [0.717, 1.165) is 41.2 Å². The van der Waals surface area contributed by atoms with Crippen molar-refractivity contribution in [1.29, 1.82) is 0 Å². The van der Waals surface area contributed by atoms with Gasteiger partial charge in [-0.15, -0.1) is 11.3 Å². The first-order valence-corrected chi connectivity index (χ1v) is 14.7. The largest absolute Gasteiger partial charge is 0.494 e. The van der Waals surface area contributed by atoms with Gasteiger partial charge in [0, 0.05) is 69.7 Å². The Hall–Kier alpha value is -4.12. The van der Waals surface area contributed by atoms with Gasteiger partial charge in [-0.25, -0.2) is 4.98 Å². The highest BCUT2D eigenvalue weighted by atomic mass is 32.1. The number of nitrogens with zero attached hydrogens (tertiary/aromatic N) is 4. The number of nitrogens with two attached hydrogens (primary N) is 1. The number of anilines is 1. The fourth-order valence-corrected chi connectivity index (χ4v) is 5.64. The molecule has 2 aliphatic heterocycles. The van der Waals surface area contributed by atoms with E-state index >= 15 is 0 Å². The lowest BCUT2D eigenvalue weighted by Gasteiger charge is -2.24. The highest BCUT2D eigenvalue weighted by Gasteiger charge is 2.32. The molecular weight excluding hydrogens is 538 g/mol. The fourth-order valence-electron chi connectivity index (χ4n) is 4.62. The number of carbonyl (C=O) groups excluding carboxylic acids is 2. The van der Waals surface area contributed by atoms with Gasteiger partial charge in [0.05, 0.1) is 33.4 Å². The van der Waals surface area contributed by atoms with E-state index in [1.807, 2.05) is 13.2 Å². The third kappa shape index (κ3) is 7.15. The van der Waals surface area contributed by atoms with Gasteiger partial charge in [-0.05, 0) is 38.8 Å². The van der Waals surface area contributed by atoms with E-state index in [9.17, 15) is 9.59 Å². The second-order valence-corrected chi connectivity index (χ2v) is 11.1. The van der Waals surface area contributed by atoms with Crippen LogP contribution in [0.5, 0.6) is 0 Å². The SMILES string of the molecule is CC/C=C(C)/C(=C\N(C)CC)c1cnc(/C(=C\N)C(=O)Nc2cc(C(=O)NCCN3C=C4CC3CO4)cnc2C)s1. The number of thiazole rings is 1. The average molecular weight is 578 g/mol. The number of carbonyl (C=O) groups is 2. The van der Waals surface area contributed by atoms with Crippen molar-refractivity contribution in [1.82, 2.24) is 25.1 Å². The second-order valence-electron chi connectivity index (χ2n) is 10.1. The zero-order valence-electron chi connectivity index (χ0n) is 24.4. The van der Waals surface area contributed by atoms with E-state index in [0.29, 0.717) is 47.7 Å². The van der Waals surface area contributed by atoms with Crippen LogP contribution in [0.1, 0.15) is 59.5 Å². The summed E-state index contributed by atoms with van der Waals surface area (Å²) in [5, 5.41) is 6.31. The molecule has 2 aromatic heterocycles. The van der Waals surface area contributed by atoms with Crippen molar-refractivity contribution in [3.8, 4) is 0 Å². The van der Waals surface area contributed by atoms with Crippen molar-refractivity contribution in [3.05, 3.63) is 75.6 Å². The number of ether oxygens (including phenoxy) is 1. The number of rotatable bonds is 12. The topological polar surface area (TPSA) is 126 Å². The molecule has 1 atom stereocenters. The van der Waals surface area contributed by atoms with Crippen LogP contribution < -0.4 is 16.4 Å². The molecule has 10 nitrogen and oxygen atoms in total. The lowest BCUT2D eigenvalue weighted by molar-refractivity contribution is -0.111. The Labute approximate surface area is 245 Å². The zero-order valence-corrected chi connectivity index (χ0v) is 25.2. The van der Waals surface area contributed by atoms with E-state index in [1.54, 1.807) is 19.2 Å². The van der Waals surface area contributed by atoms with E-state index in [2.05, 4.69) is 63.4 Å². The molecule has 0 spiro atoms. The van der Waals surface area contributed by atoms with Crippen LogP contribution in [0.15, 0.2) is 54.5 Å². The van der Waals surface area contributed by atoms with Crippen LogP contribution in [-0.2, 0) is 9.53 Å². The summed E-state index contributed by atoms with van der Waals surface area (Å²) < 4.78 is 5.50. The van der Waals surface area contributed by atoms with Gasteiger partial charge < -0.3 is 30.9 Å². The molecule has 0 aromatic carbocycles. The van der Waals surface area contributed by atoms with Crippen LogP contribution in [0.3, 0.4) is 0 Å². The van der Waals surface area contributed by atoms with Gasteiger partial charge >= 0.3 is 0 Å². The first kappa shape index (κ1) is 29.9. The standard InChI is InChI=1S/C30H39N7O3S/c1-6-8-19(3)25(17-36(5)7-2)27-15-34-30(41-27)24(13-31)29(39)35-26-11-21(14-33-20(26)4)28(38)32-9-10-37-16-23-12-22(37)18-40-23/h8,11,13-17,22H,6-7,9-10,12,18,31H2,1-5H3,(H,32,38)(H,35,39)/b19-8+,24-13-,25-17+. The van der Waals surface area contributed by atoms with Crippen LogP contribution in [-0.4, -0.2) is 70.9 Å². The van der Waals surface area contributed by atoms with Crippen molar-refractivity contribution in [2.24, 2.45) is 5.73 Å². The van der Waals surface area contributed by atoms with Gasteiger partial charge in [0.1, 0.15) is 17.4 Å². The lowest BCUT2D eigenvalue weighted by atomic mass is 10.1. The maximum atomic E-state index is 13.3. The molecule has 4 N–H and O–H groups in total. The summed E-state index contributed by atoms with van der Waals surface area (Å²) in [5.74, 6) is 0.327. The van der Waals surface area contributed by atoms with Crippen molar-refractivity contribution in [2.45, 2.75) is 46.6 Å². The smallest absolute Gasteiger partial charge is 0.260 e. The maximum absolute atomic E-state index is 13.3. The molecule has 2 bridgehead atoms. The summed E-state index contributed by atoms with van der Waals surface area (Å²) in [4.78, 5) is 40.3. The van der Waals surface area contributed by atoms with E-state index in [4.69, 9.17) is 10.5 Å². The highest BCUT2D eigenvalue weighted by molar-refractivity contribution is 7.14. The van der Waals surface area contributed by atoms with Crippen LogP contribution in [0.2, 0.25) is 0 Å². The summed E-state index contributed by atoms with van der Waals surface area (Å²) in [5.41, 5.74) is 9.73. The fraction of sp³-hybridized carbons (Fsp3) is 0.400. The number of fused-ring (bicyclic) bond motifs is 2. The Balaban J connectivity index is 1.44. The summed E-state index contributed by atoms with van der Waals surface area (Å²) in [7, 11) is 2.02. The molecule has 1 saturated heterocycles. The molecule has 0 saturated carbocycles. The van der Waals surface area contributed by atoms with Gasteiger partial charge in [0.2, 0.25) is 0 Å². The predicted molar refractivity (Wildman–Crippen MR) is 164 cm³/mol. The van der Waals surface area contributed by atoms with Crippen molar-refractivity contribution >= 4 is 40.0 Å². The van der Waals surface area contributed by atoms with Crippen molar-refractivity contribution < 1.29 is 14.3 Å².